The smallest absolute Gasteiger partial charge is 0.355 e. The largest absolute Gasteiger partial charge is 0.416 e. The summed E-state index contributed by atoms with van der Waals surface area (Å²) in [6, 6.07) is 12.1. The van der Waals surface area contributed by atoms with Gasteiger partial charge in [0.15, 0.2) is 0 Å². The fraction of sp³-hybridized carbons (Fsp3) is 0.333. The van der Waals surface area contributed by atoms with E-state index in [1.807, 2.05) is 12.1 Å². The van der Waals surface area contributed by atoms with Gasteiger partial charge < -0.3 is 10.6 Å². The summed E-state index contributed by atoms with van der Waals surface area (Å²) in [5.74, 6) is -0.501. The van der Waals surface area contributed by atoms with Crippen molar-refractivity contribution in [2.45, 2.75) is 38.8 Å². The van der Waals surface area contributed by atoms with E-state index in [2.05, 4.69) is 10.6 Å². The summed E-state index contributed by atoms with van der Waals surface area (Å²) < 4.78 is 38.8. The predicted octanol–water partition coefficient (Wildman–Crippen LogP) is 4.30. The van der Waals surface area contributed by atoms with E-state index >= 15 is 0 Å². The molecule has 150 valence electrons. The number of carbonyl (C=O) groups excluding carboxylic acids is 2. The van der Waals surface area contributed by atoms with E-state index in [1.54, 1.807) is 26.0 Å². The SMILES string of the molecule is CC(=O)Nc1ccc(CCNC(=O)C(C)(C)c2cccc(C(F)(F)F)c2)cc1. The van der Waals surface area contributed by atoms with Gasteiger partial charge in [0, 0.05) is 19.2 Å². The Kier molecular flexibility index (Phi) is 6.48. The van der Waals surface area contributed by atoms with E-state index in [0.717, 1.165) is 17.7 Å². The van der Waals surface area contributed by atoms with E-state index in [9.17, 15) is 22.8 Å². The zero-order chi connectivity index (χ0) is 20.9. The van der Waals surface area contributed by atoms with Crippen LogP contribution >= 0.6 is 0 Å². The maximum atomic E-state index is 12.9. The average molecular weight is 392 g/mol. The van der Waals surface area contributed by atoms with Gasteiger partial charge in [-0.3, -0.25) is 9.59 Å². The molecule has 0 aliphatic carbocycles. The topological polar surface area (TPSA) is 58.2 Å². The molecule has 0 radical (unpaired) electrons. The molecule has 0 bridgehead atoms. The first kappa shape index (κ1) is 21.5. The lowest BCUT2D eigenvalue weighted by atomic mass is 9.83. The second-order valence-corrected chi connectivity index (χ2v) is 7.09. The molecule has 0 aliphatic rings. The highest BCUT2D eigenvalue weighted by Gasteiger charge is 2.34. The summed E-state index contributed by atoms with van der Waals surface area (Å²) >= 11 is 0. The summed E-state index contributed by atoms with van der Waals surface area (Å²) in [5.41, 5.74) is 0.0816. The van der Waals surface area contributed by atoms with Crippen molar-refractivity contribution in [2.75, 3.05) is 11.9 Å². The van der Waals surface area contributed by atoms with Crippen LogP contribution in [-0.2, 0) is 27.6 Å². The molecule has 0 heterocycles. The number of hydrogen-bond acceptors (Lipinski definition) is 2. The van der Waals surface area contributed by atoms with Crippen molar-refractivity contribution in [1.82, 2.24) is 5.32 Å². The molecule has 2 rings (SSSR count). The van der Waals surface area contributed by atoms with Crippen molar-refractivity contribution in [2.24, 2.45) is 0 Å². The highest BCUT2D eigenvalue weighted by atomic mass is 19.4. The van der Waals surface area contributed by atoms with Gasteiger partial charge in [-0.15, -0.1) is 0 Å². The van der Waals surface area contributed by atoms with Crippen molar-refractivity contribution in [3.05, 3.63) is 65.2 Å². The van der Waals surface area contributed by atoms with E-state index in [-0.39, 0.29) is 11.8 Å². The number of alkyl halides is 3. The molecule has 2 amide bonds. The Morgan fingerprint density at radius 1 is 0.964 bits per heavy atom. The van der Waals surface area contributed by atoms with E-state index in [4.69, 9.17) is 0 Å². The molecule has 2 N–H and O–H groups in total. The van der Waals surface area contributed by atoms with Gasteiger partial charge in [0.25, 0.3) is 0 Å². The van der Waals surface area contributed by atoms with E-state index < -0.39 is 17.2 Å². The van der Waals surface area contributed by atoms with Crippen LogP contribution in [-0.4, -0.2) is 18.4 Å². The number of benzene rings is 2. The molecule has 0 aromatic heterocycles. The van der Waals surface area contributed by atoms with Crippen molar-refractivity contribution in [3.63, 3.8) is 0 Å². The molecular formula is C21H23F3N2O2. The molecule has 2 aromatic carbocycles. The maximum Gasteiger partial charge on any atom is 0.416 e. The van der Waals surface area contributed by atoms with Crippen LogP contribution in [0.4, 0.5) is 18.9 Å². The second kappa shape index (κ2) is 8.46. The van der Waals surface area contributed by atoms with Crippen LogP contribution in [0.3, 0.4) is 0 Å². The van der Waals surface area contributed by atoms with Crippen LogP contribution in [0, 0.1) is 0 Å². The molecule has 7 heteroatoms. The molecule has 0 saturated heterocycles. The number of rotatable bonds is 6. The van der Waals surface area contributed by atoms with Crippen LogP contribution in [0.15, 0.2) is 48.5 Å². The zero-order valence-corrected chi connectivity index (χ0v) is 16.0. The predicted molar refractivity (Wildman–Crippen MR) is 102 cm³/mol. The molecule has 0 unspecified atom stereocenters. The van der Waals surface area contributed by atoms with Crippen molar-refractivity contribution >= 4 is 17.5 Å². The number of hydrogen-bond donors (Lipinski definition) is 2. The van der Waals surface area contributed by atoms with Gasteiger partial charge in [-0.25, -0.2) is 0 Å². The lowest BCUT2D eigenvalue weighted by molar-refractivity contribution is -0.138. The maximum absolute atomic E-state index is 12.9. The molecule has 0 spiro atoms. The van der Waals surface area contributed by atoms with Crippen LogP contribution < -0.4 is 10.6 Å². The normalized spacial score (nSPS) is 11.8. The minimum absolute atomic E-state index is 0.156. The molecule has 0 saturated carbocycles. The van der Waals surface area contributed by atoms with E-state index in [0.29, 0.717) is 24.2 Å². The quantitative estimate of drug-likeness (QED) is 0.770. The highest BCUT2D eigenvalue weighted by molar-refractivity contribution is 5.88. The summed E-state index contributed by atoms with van der Waals surface area (Å²) in [4.78, 5) is 23.6. The zero-order valence-electron chi connectivity index (χ0n) is 16.0. The Morgan fingerprint density at radius 3 is 2.14 bits per heavy atom. The fourth-order valence-electron chi connectivity index (χ4n) is 2.71. The fourth-order valence-corrected chi connectivity index (χ4v) is 2.71. The number of halogens is 3. The molecule has 0 atom stereocenters. The first-order valence-corrected chi connectivity index (χ1v) is 8.83. The third-order valence-electron chi connectivity index (χ3n) is 4.45. The van der Waals surface area contributed by atoms with Crippen LogP contribution in [0.1, 0.15) is 37.5 Å². The van der Waals surface area contributed by atoms with Crippen LogP contribution in [0.5, 0.6) is 0 Å². The van der Waals surface area contributed by atoms with E-state index in [1.165, 1.54) is 19.1 Å². The second-order valence-electron chi connectivity index (χ2n) is 7.09. The lowest BCUT2D eigenvalue weighted by Gasteiger charge is -2.25. The van der Waals surface area contributed by atoms with Crippen molar-refractivity contribution in [3.8, 4) is 0 Å². The van der Waals surface area contributed by atoms with Gasteiger partial charge in [0.1, 0.15) is 0 Å². The summed E-state index contributed by atoms with van der Waals surface area (Å²) in [6.07, 6.45) is -3.89. The van der Waals surface area contributed by atoms with Crippen LogP contribution in [0.2, 0.25) is 0 Å². The Balaban J connectivity index is 1.97. The van der Waals surface area contributed by atoms with Gasteiger partial charge in [-0.05, 0) is 49.6 Å². The summed E-state index contributed by atoms with van der Waals surface area (Å²) in [6.45, 7) is 4.97. The molecular weight excluding hydrogens is 369 g/mol. The minimum atomic E-state index is -4.45. The standard InChI is InChI=1S/C21H23F3N2O2/c1-14(27)26-18-9-7-15(8-10-18)11-12-25-19(28)20(2,3)16-5-4-6-17(13-16)21(22,23)24/h4-10,13H,11-12H2,1-3H3,(H,25,28)(H,26,27). The Hall–Kier alpha value is -2.83. The summed E-state index contributed by atoms with van der Waals surface area (Å²) in [7, 11) is 0. The van der Waals surface area contributed by atoms with Gasteiger partial charge in [-0.1, -0.05) is 30.3 Å². The first-order valence-electron chi connectivity index (χ1n) is 8.83. The van der Waals surface area contributed by atoms with Gasteiger partial charge in [0.05, 0.1) is 11.0 Å². The first-order chi connectivity index (χ1) is 13.0. The Bertz CT molecular complexity index is 843. The molecule has 0 fully saturated rings. The molecule has 4 nitrogen and oxygen atoms in total. The molecule has 2 aromatic rings. The molecule has 28 heavy (non-hydrogen) atoms. The third kappa shape index (κ3) is 5.58. The Labute approximate surface area is 162 Å². The molecule has 0 aliphatic heterocycles. The van der Waals surface area contributed by atoms with Gasteiger partial charge in [0.2, 0.25) is 11.8 Å². The third-order valence-corrected chi connectivity index (χ3v) is 4.45. The minimum Gasteiger partial charge on any atom is -0.355 e. The monoisotopic (exact) mass is 392 g/mol. The number of nitrogens with one attached hydrogen (secondary N) is 2. The Morgan fingerprint density at radius 2 is 1.57 bits per heavy atom. The number of carbonyl (C=O) groups is 2. The van der Waals surface area contributed by atoms with Gasteiger partial charge in [-0.2, -0.15) is 13.2 Å². The highest BCUT2D eigenvalue weighted by Crippen LogP contribution is 2.32. The number of anilines is 1. The van der Waals surface area contributed by atoms with Crippen molar-refractivity contribution in [1.29, 1.82) is 0 Å². The number of amides is 2. The average Bonchev–Trinajstić information content (AvgIpc) is 2.62. The summed E-state index contributed by atoms with van der Waals surface area (Å²) in [5, 5.41) is 5.46. The van der Waals surface area contributed by atoms with Gasteiger partial charge >= 0.3 is 6.18 Å². The van der Waals surface area contributed by atoms with Crippen molar-refractivity contribution < 1.29 is 22.8 Å². The van der Waals surface area contributed by atoms with Crippen LogP contribution in [0.25, 0.3) is 0 Å². The lowest BCUT2D eigenvalue weighted by Crippen LogP contribution is -2.41.